The SMILES string of the molecule is N#Cc1ccc(N2N=C3c4ccc(C(=O)N5CC[C@H](O)C5)nc4CCC3C2C2CCCC2)cc1Cl. The minimum Gasteiger partial charge on any atom is -0.391 e. The number of halogens is 1. The molecule has 2 fully saturated rings. The van der Waals surface area contributed by atoms with Crippen LogP contribution >= 0.6 is 11.6 Å². The fourth-order valence-corrected chi connectivity index (χ4v) is 6.59. The number of aliphatic hydroxyl groups is 1. The number of aliphatic hydroxyl groups excluding tert-OH is 1. The van der Waals surface area contributed by atoms with Crippen molar-refractivity contribution < 1.29 is 9.90 Å². The number of pyridine rings is 1. The lowest BCUT2D eigenvalue weighted by Gasteiger charge is -2.34. The fourth-order valence-electron chi connectivity index (χ4n) is 6.37. The Bertz CT molecular complexity index is 1250. The third-order valence-electron chi connectivity index (χ3n) is 8.09. The summed E-state index contributed by atoms with van der Waals surface area (Å²) in [5.41, 5.74) is 4.83. The van der Waals surface area contributed by atoms with Crippen molar-refractivity contribution in [1.82, 2.24) is 9.88 Å². The van der Waals surface area contributed by atoms with Crippen LogP contribution < -0.4 is 5.01 Å². The van der Waals surface area contributed by atoms with E-state index in [-0.39, 0.29) is 11.9 Å². The number of hydrazone groups is 1. The predicted molar refractivity (Wildman–Crippen MR) is 134 cm³/mol. The summed E-state index contributed by atoms with van der Waals surface area (Å²) in [4.78, 5) is 19.4. The average molecular weight is 490 g/mol. The Hall–Kier alpha value is -2.95. The number of anilines is 1. The molecule has 0 spiro atoms. The number of amides is 1. The molecule has 3 heterocycles. The van der Waals surface area contributed by atoms with Gasteiger partial charge in [0.2, 0.25) is 0 Å². The molecule has 2 unspecified atom stereocenters. The molecule has 0 bridgehead atoms. The largest absolute Gasteiger partial charge is 0.391 e. The van der Waals surface area contributed by atoms with Crippen molar-refractivity contribution in [3.8, 4) is 6.07 Å². The number of carbonyl (C=O) groups is 1. The molecule has 180 valence electrons. The van der Waals surface area contributed by atoms with Crippen molar-refractivity contribution in [1.29, 1.82) is 5.26 Å². The molecular weight excluding hydrogens is 462 g/mol. The van der Waals surface area contributed by atoms with Crippen LogP contribution in [0.4, 0.5) is 5.69 Å². The standard InChI is InChI=1S/C27H28ClN5O2/c28-22-13-18(6-5-17(22)14-29)33-26(16-3-1-2-4-16)21-8-9-23-20(25(21)31-33)7-10-24(30-23)27(35)32-12-11-19(34)15-32/h5-7,10,13,16,19,21,26,34H,1-4,8-9,11-12,15H2/t19-,21?,26?/m0/s1. The summed E-state index contributed by atoms with van der Waals surface area (Å²) in [6.45, 7) is 0.941. The highest BCUT2D eigenvalue weighted by molar-refractivity contribution is 6.32. The Balaban J connectivity index is 1.35. The van der Waals surface area contributed by atoms with E-state index < -0.39 is 6.10 Å². The van der Waals surface area contributed by atoms with E-state index in [1.54, 1.807) is 11.0 Å². The molecule has 3 atom stereocenters. The molecule has 1 aromatic heterocycles. The van der Waals surface area contributed by atoms with Gasteiger partial charge in [-0.1, -0.05) is 24.4 Å². The van der Waals surface area contributed by atoms with Gasteiger partial charge in [-0.05, 0) is 68.4 Å². The van der Waals surface area contributed by atoms with E-state index in [0.29, 0.717) is 47.6 Å². The van der Waals surface area contributed by atoms with E-state index in [4.69, 9.17) is 21.7 Å². The second kappa shape index (κ2) is 8.92. The number of aromatic nitrogens is 1. The van der Waals surface area contributed by atoms with Gasteiger partial charge in [0.25, 0.3) is 5.91 Å². The maximum absolute atomic E-state index is 12.9. The molecule has 2 aromatic rings. The number of hydrogen-bond acceptors (Lipinski definition) is 6. The first-order valence-corrected chi connectivity index (χ1v) is 13.0. The summed E-state index contributed by atoms with van der Waals surface area (Å²) in [7, 11) is 0. The summed E-state index contributed by atoms with van der Waals surface area (Å²) in [6.07, 6.45) is 6.83. The van der Waals surface area contributed by atoms with E-state index >= 15 is 0 Å². The summed E-state index contributed by atoms with van der Waals surface area (Å²) in [5.74, 6) is 0.752. The molecule has 2 aliphatic carbocycles. The van der Waals surface area contributed by atoms with E-state index in [9.17, 15) is 15.2 Å². The van der Waals surface area contributed by atoms with E-state index in [2.05, 4.69) is 11.1 Å². The molecule has 1 saturated carbocycles. The number of likely N-dealkylation sites (tertiary alicyclic amines) is 1. The third-order valence-corrected chi connectivity index (χ3v) is 8.41. The molecule has 0 radical (unpaired) electrons. The Morgan fingerprint density at radius 1 is 1.14 bits per heavy atom. The first kappa shape index (κ1) is 22.5. The molecule has 1 amide bonds. The van der Waals surface area contributed by atoms with Gasteiger partial charge in [0.1, 0.15) is 11.8 Å². The zero-order valence-corrected chi connectivity index (χ0v) is 20.3. The highest BCUT2D eigenvalue weighted by atomic mass is 35.5. The van der Waals surface area contributed by atoms with Crippen molar-refractivity contribution >= 4 is 28.9 Å². The van der Waals surface area contributed by atoms with Gasteiger partial charge >= 0.3 is 0 Å². The van der Waals surface area contributed by atoms with Crippen LogP contribution in [0.5, 0.6) is 0 Å². The number of rotatable bonds is 3. The summed E-state index contributed by atoms with van der Waals surface area (Å²) in [5, 5.41) is 26.8. The minimum atomic E-state index is -0.445. The van der Waals surface area contributed by atoms with Gasteiger partial charge in [0.05, 0.1) is 39.8 Å². The van der Waals surface area contributed by atoms with E-state index in [0.717, 1.165) is 35.5 Å². The zero-order valence-electron chi connectivity index (χ0n) is 19.5. The Morgan fingerprint density at radius 3 is 2.69 bits per heavy atom. The van der Waals surface area contributed by atoms with Crippen LogP contribution in [0.1, 0.15) is 65.8 Å². The van der Waals surface area contributed by atoms with Crippen LogP contribution in [0, 0.1) is 23.2 Å². The minimum absolute atomic E-state index is 0.113. The lowest BCUT2D eigenvalue weighted by Crippen LogP contribution is -2.41. The lowest BCUT2D eigenvalue weighted by atomic mass is 9.76. The second-order valence-corrected chi connectivity index (χ2v) is 10.6. The van der Waals surface area contributed by atoms with Crippen LogP contribution in [0.25, 0.3) is 0 Å². The molecule has 1 aromatic carbocycles. The van der Waals surface area contributed by atoms with Crippen LogP contribution in [0.15, 0.2) is 35.4 Å². The molecule has 7 nitrogen and oxygen atoms in total. The summed E-state index contributed by atoms with van der Waals surface area (Å²) >= 11 is 6.40. The highest BCUT2D eigenvalue weighted by Crippen LogP contribution is 2.45. The van der Waals surface area contributed by atoms with E-state index in [1.807, 2.05) is 24.3 Å². The van der Waals surface area contributed by atoms with Crippen LogP contribution in [-0.4, -0.2) is 51.8 Å². The molecule has 35 heavy (non-hydrogen) atoms. The number of nitriles is 1. The second-order valence-electron chi connectivity index (χ2n) is 10.2. The number of β-amino-alcohol motifs (C(OH)–C–C–N with tert-alkyl or cyclic N) is 1. The molecule has 1 saturated heterocycles. The number of fused-ring (bicyclic) bond motifs is 3. The Kier molecular flexibility index (Phi) is 5.74. The maximum Gasteiger partial charge on any atom is 0.272 e. The normalized spacial score (nSPS) is 25.9. The number of carbonyl (C=O) groups excluding carboxylic acids is 1. The first-order valence-electron chi connectivity index (χ1n) is 12.6. The van der Waals surface area contributed by atoms with Gasteiger partial charge in [-0.2, -0.15) is 10.4 Å². The van der Waals surface area contributed by atoms with Crippen molar-refractivity contribution in [3.63, 3.8) is 0 Å². The van der Waals surface area contributed by atoms with Gasteiger partial charge in [-0.3, -0.25) is 9.80 Å². The lowest BCUT2D eigenvalue weighted by molar-refractivity contribution is 0.0759. The number of benzene rings is 1. The average Bonchev–Trinajstić information content (AvgIpc) is 3.62. The Morgan fingerprint density at radius 2 is 1.97 bits per heavy atom. The van der Waals surface area contributed by atoms with Crippen LogP contribution in [-0.2, 0) is 6.42 Å². The molecule has 1 N–H and O–H groups in total. The number of aryl methyl sites for hydroxylation is 1. The van der Waals surface area contributed by atoms with E-state index in [1.165, 1.54) is 25.7 Å². The Labute approximate surface area is 210 Å². The maximum atomic E-state index is 12.9. The highest BCUT2D eigenvalue weighted by Gasteiger charge is 2.46. The van der Waals surface area contributed by atoms with Crippen molar-refractivity contribution in [2.45, 2.75) is 57.1 Å². The zero-order chi connectivity index (χ0) is 24.1. The molecule has 8 heteroatoms. The number of nitrogens with zero attached hydrogens (tertiary/aromatic N) is 5. The molecular formula is C27H28ClN5O2. The first-order chi connectivity index (χ1) is 17.0. The molecule has 6 rings (SSSR count). The van der Waals surface area contributed by atoms with Gasteiger partial charge in [-0.15, -0.1) is 0 Å². The topological polar surface area (TPSA) is 92.8 Å². The summed E-state index contributed by atoms with van der Waals surface area (Å²) in [6, 6.07) is 11.8. The van der Waals surface area contributed by atoms with Crippen molar-refractivity contribution in [2.24, 2.45) is 16.9 Å². The third kappa shape index (κ3) is 3.89. The smallest absolute Gasteiger partial charge is 0.272 e. The monoisotopic (exact) mass is 489 g/mol. The summed E-state index contributed by atoms with van der Waals surface area (Å²) < 4.78 is 0. The van der Waals surface area contributed by atoms with Gasteiger partial charge in [-0.25, -0.2) is 4.98 Å². The fraction of sp³-hybridized carbons (Fsp3) is 0.481. The van der Waals surface area contributed by atoms with Crippen molar-refractivity contribution in [3.05, 3.63) is 57.9 Å². The molecule has 4 aliphatic rings. The molecule has 2 aliphatic heterocycles. The van der Waals surface area contributed by atoms with Gasteiger partial charge in [0.15, 0.2) is 0 Å². The van der Waals surface area contributed by atoms with Crippen LogP contribution in [0.2, 0.25) is 5.02 Å². The predicted octanol–water partition coefficient (Wildman–Crippen LogP) is 4.16. The quantitative estimate of drug-likeness (QED) is 0.698. The van der Waals surface area contributed by atoms with Crippen LogP contribution in [0.3, 0.4) is 0 Å². The number of hydrogen-bond donors (Lipinski definition) is 1. The van der Waals surface area contributed by atoms with Crippen molar-refractivity contribution in [2.75, 3.05) is 18.1 Å². The van der Waals surface area contributed by atoms with Gasteiger partial charge < -0.3 is 10.0 Å². The van der Waals surface area contributed by atoms with Gasteiger partial charge in [0, 0.05) is 24.6 Å².